The lowest BCUT2D eigenvalue weighted by atomic mass is 10.1. The van der Waals surface area contributed by atoms with Crippen molar-refractivity contribution in [2.75, 3.05) is 25.7 Å². The number of nitrogen functional groups attached to an aromatic ring is 1. The minimum atomic E-state index is 0.0410. The van der Waals surface area contributed by atoms with Gasteiger partial charge in [0.25, 0.3) is 5.91 Å². The Hall–Kier alpha value is -1.59. The molecule has 0 aliphatic heterocycles. The number of hydrogen-bond donors (Lipinski definition) is 2. The molecule has 0 atom stereocenters. The highest BCUT2D eigenvalue weighted by Crippen LogP contribution is 2.15. The van der Waals surface area contributed by atoms with E-state index in [4.69, 9.17) is 10.6 Å². The molecule has 1 amide bonds. The van der Waals surface area contributed by atoms with Crippen LogP contribution in [0.15, 0.2) is 24.3 Å². The zero-order chi connectivity index (χ0) is 15.0. The van der Waals surface area contributed by atoms with Gasteiger partial charge in [-0.05, 0) is 37.1 Å². The number of anilines is 1. The van der Waals surface area contributed by atoms with Gasteiger partial charge in [-0.3, -0.25) is 10.6 Å². The minimum Gasteiger partial charge on any atom is -0.383 e. The number of benzene rings is 1. The Balaban J connectivity index is 2.89. The Morgan fingerprint density at radius 2 is 1.90 bits per heavy atom. The molecule has 0 radical (unpaired) electrons. The van der Waals surface area contributed by atoms with Gasteiger partial charge in [-0.15, -0.1) is 0 Å². The molecule has 20 heavy (non-hydrogen) atoms. The fourth-order valence-electron chi connectivity index (χ4n) is 2.24. The van der Waals surface area contributed by atoms with Crippen molar-refractivity contribution in [3.63, 3.8) is 0 Å². The molecule has 0 unspecified atom stereocenters. The molecule has 1 aromatic rings. The summed E-state index contributed by atoms with van der Waals surface area (Å²) < 4.78 is 5.11. The van der Waals surface area contributed by atoms with E-state index in [2.05, 4.69) is 19.3 Å². The third kappa shape index (κ3) is 4.21. The molecule has 1 rings (SSSR count). The topological polar surface area (TPSA) is 67.6 Å². The summed E-state index contributed by atoms with van der Waals surface area (Å²) in [6, 6.07) is 7.42. The lowest BCUT2D eigenvalue weighted by Crippen LogP contribution is -2.41. The van der Waals surface area contributed by atoms with Crippen LogP contribution in [0.5, 0.6) is 0 Å². The highest BCUT2D eigenvalue weighted by molar-refractivity contribution is 5.94. The number of carbonyl (C=O) groups is 1. The van der Waals surface area contributed by atoms with E-state index >= 15 is 0 Å². The molecule has 0 saturated heterocycles. The highest BCUT2D eigenvalue weighted by atomic mass is 16.5. The van der Waals surface area contributed by atoms with E-state index in [1.165, 1.54) is 0 Å². The van der Waals surface area contributed by atoms with Crippen molar-refractivity contribution in [3.8, 4) is 0 Å². The largest absolute Gasteiger partial charge is 0.383 e. The predicted molar refractivity (Wildman–Crippen MR) is 81.5 cm³/mol. The summed E-state index contributed by atoms with van der Waals surface area (Å²) >= 11 is 0. The van der Waals surface area contributed by atoms with Crippen LogP contribution in [0.2, 0.25) is 0 Å². The van der Waals surface area contributed by atoms with Gasteiger partial charge in [-0.1, -0.05) is 13.8 Å². The normalized spacial score (nSPS) is 10.7. The maximum absolute atomic E-state index is 12.6. The van der Waals surface area contributed by atoms with Crippen LogP contribution in [0, 0.1) is 0 Å². The van der Waals surface area contributed by atoms with Crippen LogP contribution in [-0.4, -0.2) is 37.1 Å². The van der Waals surface area contributed by atoms with Gasteiger partial charge in [0, 0.05) is 30.9 Å². The zero-order valence-electron chi connectivity index (χ0n) is 12.6. The smallest absolute Gasteiger partial charge is 0.254 e. The first-order valence-corrected chi connectivity index (χ1v) is 7.04. The minimum absolute atomic E-state index is 0.0410. The van der Waals surface area contributed by atoms with Gasteiger partial charge >= 0.3 is 0 Å². The standard InChI is InChI=1S/C15H25N3O2/c1-4-14(5-2)18(10-11-20-3)15(19)12-6-8-13(17-16)9-7-12/h6-9,14,17H,4-5,10-11,16H2,1-3H3. The second kappa shape index (κ2) is 8.55. The number of methoxy groups -OCH3 is 1. The van der Waals surface area contributed by atoms with Crippen LogP contribution in [0.4, 0.5) is 5.69 Å². The lowest BCUT2D eigenvalue weighted by molar-refractivity contribution is 0.0589. The van der Waals surface area contributed by atoms with Gasteiger partial charge in [0.15, 0.2) is 0 Å². The summed E-state index contributed by atoms with van der Waals surface area (Å²) in [5, 5.41) is 0. The van der Waals surface area contributed by atoms with Crippen molar-refractivity contribution in [1.29, 1.82) is 0 Å². The van der Waals surface area contributed by atoms with Crippen LogP contribution >= 0.6 is 0 Å². The van der Waals surface area contributed by atoms with E-state index in [1.807, 2.05) is 4.90 Å². The van der Waals surface area contributed by atoms with Gasteiger partial charge < -0.3 is 15.1 Å². The maximum Gasteiger partial charge on any atom is 0.254 e. The molecule has 5 nitrogen and oxygen atoms in total. The maximum atomic E-state index is 12.6. The third-order valence-electron chi connectivity index (χ3n) is 3.48. The Morgan fingerprint density at radius 1 is 1.30 bits per heavy atom. The quantitative estimate of drug-likeness (QED) is 0.566. The number of amides is 1. The summed E-state index contributed by atoms with van der Waals surface area (Å²) in [7, 11) is 1.65. The van der Waals surface area contributed by atoms with Crippen molar-refractivity contribution >= 4 is 11.6 Å². The molecule has 0 spiro atoms. The van der Waals surface area contributed by atoms with Crippen LogP contribution in [0.1, 0.15) is 37.0 Å². The van der Waals surface area contributed by atoms with E-state index < -0.39 is 0 Å². The average molecular weight is 279 g/mol. The molecular formula is C15H25N3O2. The molecule has 112 valence electrons. The number of rotatable bonds is 8. The van der Waals surface area contributed by atoms with E-state index in [9.17, 15) is 4.79 Å². The van der Waals surface area contributed by atoms with Crippen molar-refractivity contribution < 1.29 is 9.53 Å². The van der Waals surface area contributed by atoms with E-state index in [1.54, 1.807) is 31.4 Å². The highest BCUT2D eigenvalue weighted by Gasteiger charge is 2.21. The van der Waals surface area contributed by atoms with E-state index in [-0.39, 0.29) is 11.9 Å². The fourth-order valence-corrected chi connectivity index (χ4v) is 2.24. The Labute approximate surface area is 121 Å². The number of nitrogens with one attached hydrogen (secondary N) is 1. The predicted octanol–water partition coefficient (Wildman–Crippen LogP) is 2.25. The van der Waals surface area contributed by atoms with Crippen molar-refractivity contribution in [2.45, 2.75) is 32.7 Å². The summed E-state index contributed by atoms with van der Waals surface area (Å²) in [5.41, 5.74) is 4.01. The van der Waals surface area contributed by atoms with Crippen LogP contribution in [0.25, 0.3) is 0 Å². The van der Waals surface area contributed by atoms with E-state index in [0.717, 1.165) is 18.5 Å². The summed E-state index contributed by atoms with van der Waals surface area (Å²) in [4.78, 5) is 14.5. The molecule has 0 aromatic heterocycles. The van der Waals surface area contributed by atoms with Crippen LogP contribution in [0.3, 0.4) is 0 Å². The number of ether oxygens (including phenoxy) is 1. The number of hydrogen-bond acceptors (Lipinski definition) is 4. The Bertz CT molecular complexity index is 402. The number of nitrogens with two attached hydrogens (primary N) is 1. The first kappa shape index (κ1) is 16.5. The first-order chi connectivity index (χ1) is 9.67. The van der Waals surface area contributed by atoms with Gasteiger partial charge in [-0.25, -0.2) is 0 Å². The molecule has 0 heterocycles. The molecule has 1 aromatic carbocycles. The fraction of sp³-hybridized carbons (Fsp3) is 0.533. The monoisotopic (exact) mass is 279 g/mol. The molecule has 0 fully saturated rings. The van der Waals surface area contributed by atoms with Crippen molar-refractivity contribution in [1.82, 2.24) is 4.90 Å². The zero-order valence-corrected chi connectivity index (χ0v) is 12.6. The summed E-state index contributed by atoms with van der Waals surface area (Å²) in [6.07, 6.45) is 1.88. The molecule has 0 aliphatic rings. The molecule has 0 aliphatic carbocycles. The van der Waals surface area contributed by atoms with Crippen molar-refractivity contribution in [2.24, 2.45) is 5.84 Å². The van der Waals surface area contributed by atoms with Crippen LogP contribution in [-0.2, 0) is 4.74 Å². The Morgan fingerprint density at radius 3 is 2.35 bits per heavy atom. The van der Waals surface area contributed by atoms with Crippen molar-refractivity contribution in [3.05, 3.63) is 29.8 Å². The first-order valence-electron chi connectivity index (χ1n) is 7.04. The Kier molecular flexibility index (Phi) is 7.04. The second-order valence-electron chi connectivity index (χ2n) is 4.68. The third-order valence-corrected chi connectivity index (χ3v) is 3.48. The number of nitrogens with zero attached hydrogens (tertiary/aromatic N) is 1. The molecule has 5 heteroatoms. The molecule has 0 saturated carbocycles. The molecule has 0 bridgehead atoms. The molecule has 3 N–H and O–H groups in total. The molecular weight excluding hydrogens is 254 g/mol. The van der Waals surface area contributed by atoms with E-state index in [0.29, 0.717) is 18.7 Å². The SMILES string of the molecule is CCC(CC)N(CCOC)C(=O)c1ccc(NN)cc1. The average Bonchev–Trinajstić information content (AvgIpc) is 2.51. The summed E-state index contributed by atoms with van der Waals surface area (Å²) in [5.74, 6) is 5.37. The van der Waals surface area contributed by atoms with Gasteiger partial charge in [-0.2, -0.15) is 0 Å². The summed E-state index contributed by atoms with van der Waals surface area (Å²) in [6.45, 7) is 5.36. The van der Waals surface area contributed by atoms with Gasteiger partial charge in [0.05, 0.1) is 6.61 Å². The second-order valence-corrected chi connectivity index (χ2v) is 4.68. The van der Waals surface area contributed by atoms with Gasteiger partial charge in [0.2, 0.25) is 0 Å². The number of carbonyl (C=O) groups excluding carboxylic acids is 1. The van der Waals surface area contributed by atoms with Crippen LogP contribution < -0.4 is 11.3 Å². The van der Waals surface area contributed by atoms with Gasteiger partial charge in [0.1, 0.15) is 0 Å². The lowest BCUT2D eigenvalue weighted by Gasteiger charge is -2.30. The number of hydrazine groups is 1.